The molecule has 0 aliphatic rings. The molecule has 0 unspecified atom stereocenters. The van der Waals surface area contributed by atoms with Gasteiger partial charge in [-0.05, 0) is 110 Å². The lowest BCUT2D eigenvalue weighted by Gasteiger charge is -2.18. The number of rotatable bonds is 8. The molecular formula is C55H39N3. The minimum Gasteiger partial charge on any atom is -0.309 e. The number of aromatic nitrogens is 2. The molecule has 58 heavy (non-hydrogen) atoms. The lowest BCUT2D eigenvalue weighted by Crippen LogP contribution is -1.97. The van der Waals surface area contributed by atoms with Crippen molar-refractivity contribution >= 4 is 60.3 Å². The Hall–Kier alpha value is -7.62. The van der Waals surface area contributed by atoms with E-state index in [1.54, 1.807) is 0 Å². The Morgan fingerprint density at radius 1 is 0.500 bits per heavy atom. The van der Waals surface area contributed by atoms with Crippen LogP contribution in [0, 0.1) is 0 Å². The standard InChI is InChI=1S/C55H39N3/c1-37(41-29-30-52-49(35-41)50-36-56-32-31-53(50)58(52)44-23-10-5-11-24-44)33-51(39-17-6-3-7-18-39)57-38(2)42-21-16-22-43(34-42)55-47-27-14-12-25-45(47)54(40-19-8-4-9-20-40)46-26-13-15-28-48(46)55/h3-36H,1H2,2H3/b51-33-,57-38?. The summed E-state index contributed by atoms with van der Waals surface area (Å²) in [5.74, 6) is 0. The number of allylic oxidation sites excluding steroid dienone is 2. The third-order valence-electron chi connectivity index (χ3n) is 11.2. The molecule has 0 fully saturated rings. The Morgan fingerprint density at radius 2 is 1.05 bits per heavy atom. The van der Waals surface area contributed by atoms with Crippen LogP contribution in [0.3, 0.4) is 0 Å². The van der Waals surface area contributed by atoms with Crippen molar-refractivity contribution in [2.45, 2.75) is 6.92 Å². The predicted molar refractivity (Wildman–Crippen MR) is 247 cm³/mol. The third kappa shape index (κ3) is 6.20. The number of hydrogen-bond acceptors (Lipinski definition) is 2. The highest BCUT2D eigenvalue weighted by Crippen LogP contribution is 2.44. The highest BCUT2D eigenvalue weighted by Gasteiger charge is 2.18. The first-order chi connectivity index (χ1) is 28.6. The van der Waals surface area contributed by atoms with Crippen molar-refractivity contribution in [2.24, 2.45) is 4.99 Å². The summed E-state index contributed by atoms with van der Waals surface area (Å²) in [6.07, 6.45) is 5.93. The summed E-state index contributed by atoms with van der Waals surface area (Å²) in [7, 11) is 0. The molecule has 0 saturated heterocycles. The van der Waals surface area contributed by atoms with Crippen molar-refractivity contribution in [3.8, 4) is 27.9 Å². The highest BCUT2D eigenvalue weighted by molar-refractivity contribution is 6.21. The van der Waals surface area contributed by atoms with E-state index in [2.05, 4.69) is 205 Å². The van der Waals surface area contributed by atoms with E-state index in [0.717, 1.165) is 66.7 Å². The topological polar surface area (TPSA) is 30.2 Å². The van der Waals surface area contributed by atoms with E-state index >= 15 is 0 Å². The molecule has 0 bridgehead atoms. The van der Waals surface area contributed by atoms with Gasteiger partial charge in [0.25, 0.3) is 0 Å². The van der Waals surface area contributed by atoms with Gasteiger partial charge in [0.2, 0.25) is 0 Å². The molecule has 0 saturated carbocycles. The van der Waals surface area contributed by atoms with E-state index in [0.29, 0.717) is 0 Å². The Balaban J connectivity index is 1.07. The molecule has 0 spiro atoms. The second-order valence-corrected chi connectivity index (χ2v) is 14.7. The van der Waals surface area contributed by atoms with Crippen LogP contribution in [0.5, 0.6) is 0 Å². The van der Waals surface area contributed by atoms with E-state index in [9.17, 15) is 0 Å². The molecule has 8 aromatic carbocycles. The van der Waals surface area contributed by atoms with Gasteiger partial charge < -0.3 is 4.57 Å². The first-order valence-electron chi connectivity index (χ1n) is 19.7. The molecule has 2 heterocycles. The van der Waals surface area contributed by atoms with Crippen LogP contribution in [-0.4, -0.2) is 15.3 Å². The molecular weight excluding hydrogens is 703 g/mol. The number of pyridine rings is 1. The van der Waals surface area contributed by atoms with Gasteiger partial charge in [-0.3, -0.25) is 9.98 Å². The SMILES string of the molecule is C=C(/C=C(\N=C(C)c1cccc(-c2c3ccccc3c(-c3ccccc3)c3ccccc23)c1)c1ccccc1)c1ccc2c(c1)c1cnccc1n2-c1ccccc1. The summed E-state index contributed by atoms with van der Waals surface area (Å²) in [5.41, 5.74) is 14.0. The second kappa shape index (κ2) is 14.8. The van der Waals surface area contributed by atoms with Crippen molar-refractivity contribution in [3.05, 3.63) is 230 Å². The quantitative estimate of drug-likeness (QED) is 0.0866. The fourth-order valence-corrected chi connectivity index (χ4v) is 8.46. The average molecular weight is 742 g/mol. The molecule has 0 atom stereocenters. The van der Waals surface area contributed by atoms with Gasteiger partial charge in [0, 0.05) is 40.1 Å². The number of benzene rings is 8. The summed E-state index contributed by atoms with van der Waals surface area (Å²) in [4.78, 5) is 9.85. The number of fused-ring (bicyclic) bond motifs is 5. The minimum atomic E-state index is 0.852. The minimum absolute atomic E-state index is 0.852. The lowest BCUT2D eigenvalue weighted by molar-refractivity contribution is 1.17. The third-order valence-corrected chi connectivity index (χ3v) is 11.2. The lowest BCUT2D eigenvalue weighted by atomic mass is 9.85. The highest BCUT2D eigenvalue weighted by atomic mass is 15.0. The molecule has 0 aliphatic heterocycles. The van der Waals surface area contributed by atoms with Crippen LogP contribution in [0.25, 0.3) is 82.6 Å². The Labute approximate surface area is 338 Å². The van der Waals surface area contributed by atoms with Gasteiger partial charge in [0.15, 0.2) is 0 Å². The van der Waals surface area contributed by atoms with Crippen LogP contribution in [0.4, 0.5) is 0 Å². The van der Waals surface area contributed by atoms with Gasteiger partial charge in [-0.2, -0.15) is 0 Å². The molecule has 10 rings (SSSR count). The summed E-state index contributed by atoms with van der Waals surface area (Å²) in [6, 6.07) is 66.7. The van der Waals surface area contributed by atoms with Crippen LogP contribution in [-0.2, 0) is 0 Å². The molecule has 0 aliphatic carbocycles. The van der Waals surface area contributed by atoms with Crippen LogP contribution < -0.4 is 0 Å². The van der Waals surface area contributed by atoms with Crippen LogP contribution in [0.2, 0.25) is 0 Å². The van der Waals surface area contributed by atoms with Crippen molar-refractivity contribution in [3.63, 3.8) is 0 Å². The first-order valence-corrected chi connectivity index (χ1v) is 19.7. The molecule has 10 aromatic rings. The Morgan fingerprint density at radius 3 is 1.72 bits per heavy atom. The van der Waals surface area contributed by atoms with Crippen molar-refractivity contribution in [1.82, 2.24) is 9.55 Å². The second-order valence-electron chi connectivity index (χ2n) is 14.7. The van der Waals surface area contributed by atoms with Crippen molar-refractivity contribution in [2.75, 3.05) is 0 Å². The van der Waals surface area contributed by atoms with E-state index in [4.69, 9.17) is 4.99 Å². The zero-order valence-corrected chi connectivity index (χ0v) is 32.2. The maximum absolute atomic E-state index is 5.35. The van der Waals surface area contributed by atoms with Crippen LogP contribution >= 0.6 is 0 Å². The van der Waals surface area contributed by atoms with Crippen molar-refractivity contribution < 1.29 is 0 Å². The first kappa shape index (κ1) is 34.8. The fraction of sp³-hybridized carbons (Fsp3) is 0.0182. The fourth-order valence-electron chi connectivity index (χ4n) is 8.46. The van der Waals surface area contributed by atoms with Gasteiger partial charge in [0.1, 0.15) is 0 Å². The Bertz CT molecular complexity index is 3170. The zero-order chi connectivity index (χ0) is 39.0. The summed E-state index contributed by atoms with van der Waals surface area (Å²) in [6.45, 7) is 6.70. The predicted octanol–water partition coefficient (Wildman–Crippen LogP) is 14.4. The van der Waals surface area contributed by atoms with Crippen LogP contribution in [0.1, 0.15) is 23.6 Å². The van der Waals surface area contributed by atoms with Gasteiger partial charge in [0.05, 0.1) is 16.7 Å². The molecule has 3 nitrogen and oxygen atoms in total. The number of nitrogens with zero attached hydrogens (tertiary/aromatic N) is 3. The van der Waals surface area contributed by atoms with E-state index in [-0.39, 0.29) is 0 Å². The molecule has 2 aromatic heterocycles. The van der Waals surface area contributed by atoms with Gasteiger partial charge in [-0.1, -0.05) is 158 Å². The van der Waals surface area contributed by atoms with E-state index in [1.807, 2.05) is 24.5 Å². The largest absolute Gasteiger partial charge is 0.309 e. The maximum Gasteiger partial charge on any atom is 0.0711 e. The summed E-state index contributed by atoms with van der Waals surface area (Å²) in [5, 5.41) is 7.18. The summed E-state index contributed by atoms with van der Waals surface area (Å²) >= 11 is 0. The molecule has 0 amide bonds. The number of hydrogen-bond donors (Lipinski definition) is 0. The van der Waals surface area contributed by atoms with Crippen molar-refractivity contribution in [1.29, 1.82) is 0 Å². The maximum atomic E-state index is 5.35. The molecule has 0 N–H and O–H groups in total. The van der Waals surface area contributed by atoms with E-state index < -0.39 is 0 Å². The normalized spacial score (nSPS) is 12.2. The average Bonchev–Trinajstić information content (AvgIpc) is 3.62. The van der Waals surface area contributed by atoms with E-state index in [1.165, 1.54) is 38.2 Å². The number of aliphatic imine (C=N–C) groups is 1. The molecule has 3 heteroatoms. The monoisotopic (exact) mass is 741 g/mol. The smallest absolute Gasteiger partial charge is 0.0711 e. The van der Waals surface area contributed by atoms with Gasteiger partial charge >= 0.3 is 0 Å². The molecule has 274 valence electrons. The summed E-state index contributed by atoms with van der Waals surface area (Å²) < 4.78 is 2.30. The van der Waals surface area contributed by atoms with Gasteiger partial charge in [-0.15, -0.1) is 0 Å². The number of para-hydroxylation sites is 1. The molecule has 0 radical (unpaired) electrons. The van der Waals surface area contributed by atoms with Gasteiger partial charge in [-0.25, -0.2) is 0 Å². The van der Waals surface area contributed by atoms with Crippen LogP contribution in [0.15, 0.2) is 218 Å². The zero-order valence-electron chi connectivity index (χ0n) is 32.2. The Kier molecular flexibility index (Phi) is 8.89.